The first-order chi connectivity index (χ1) is 7.68. The fourth-order valence-electron chi connectivity index (χ4n) is 1.87. The summed E-state index contributed by atoms with van der Waals surface area (Å²) in [4.78, 5) is 2.33. The van der Waals surface area contributed by atoms with E-state index in [0.29, 0.717) is 0 Å². The number of hydrogen-bond acceptors (Lipinski definition) is 3. The molecule has 0 unspecified atom stereocenters. The molecule has 16 heavy (non-hydrogen) atoms. The van der Waals surface area contributed by atoms with Crippen molar-refractivity contribution in [3.63, 3.8) is 0 Å². The molecule has 3 nitrogen and oxygen atoms in total. The Balaban J connectivity index is 2.21. The summed E-state index contributed by atoms with van der Waals surface area (Å²) in [5, 5.41) is 0. The van der Waals surface area contributed by atoms with Crippen molar-refractivity contribution in [3.05, 3.63) is 28.2 Å². The second-order valence-electron chi connectivity index (χ2n) is 4.10. The number of morpholine rings is 1. The molecular formula is C12H17BrN2O. The summed E-state index contributed by atoms with van der Waals surface area (Å²) in [7, 11) is 0. The maximum atomic E-state index is 5.86. The molecule has 0 aromatic heterocycles. The van der Waals surface area contributed by atoms with E-state index in [1.54, 1.807) is 0 Å². The van der Waals surface area contributed by atoms with Crippen molar-refractivity contribution in [3.8, 4) is 0 Å². The van der Waals surface area contributed by atoms with Crippen LogP contribution >= 0.6 is 15.9 Å². The first-order valence-electron chi connectivity index (χ1n) is 5.56. The smallest absolute Gasteiger partial charge is 0.0642 e. The summed E-state index contributed by atoms with van der Waals surface area (Å²) in [5.74, 6) is 0. The second-order valence-corrected chi connectivity index (χ2v) is 4.95. The van der Waals surface area contributed by atoms with E-state index in [1.807, 2.05) is 6.92 Å². The number of anilines is 1. The standard InChI is InChI=1S/C12H17BrN2O/c1-9(14)10-2-3-12(11(13)8-10)15-4-6-16-7-5-15/h2-3,8-9H,4-7,14H2,1H3/t9-/m0/s1. The van der Waals surface area contributed by atoms with Gasteiger partial charge in [0.05, 0.1) is 18.9 Å². The molecule has 1 aliphatic rings. The lowest BCUT2D eigenvalue weighted by atomic mass is 10.1. The van der Waals surface area contributed by atoms with Gasteiger partial charge in [0, 0.05) is 23.6 Å². The summed E-state index contributed by atoms with van der Waals surface area (Å²) in [6, 6.07) is 6.42. The van der Waals surface area contributed by atoms with Crippen LogP contribution in [-0.2, 0) is 4.74 Å². The van der Waals surface area contributed by atoms with Crippen LogP contribution in [-0.4, -0.2) is 26.3 Å². The van der Waals surface area contributed by atoms with Crippen molar-refractivity contribution >= 4 is 21.6 Å². The van der Waals surface area contributed by atoms with E-state index in [9.17, 15) is 0 Å². The minimum atomic E-state index is 0.0787. The molecule has 0 spiro atoms. The number of rotatable bonds is 2. The van der Waals surface area contributed by atoms with E-state index in [1.165, 1.54) is 5.69 Å². The van der Waals surface area contributed by atoms with Crippen LogP contribution in [0, 0.1) is 0 Å². The third-order valence-corrected chi connectivity index (χ3v) is 3.48. The van der Waals surface area contributed by atoms with Crippen molar-refractivity contribution in [2.75, 3.05) is 31.2 Å². The van der Waals surface area contributed by atoms with Gasteiger partial charge in [-0.1, -0.05) is 6.07 Å². The largest absolute Gasteiger partial charge is 0.378 e. The van der Waals surface area contributed by atoms with Gasteiger partial charge < -0.3 is 15.4 Å². The molecule has 1 aliphatic heterocycles. The van der Waals surface area contributed by atoms with Gasteiger partial charge in [-0.2, -0.15) is 0 Å². The summed E-state index contributed by atoms with van der Waals surface area (Å²) < 4.78 is 6.46. The monoisotopic (exact) mass is 284 g/mol. The van der Waals surface area contributed by atoms with Crippen molar-refractivity contribution in [2.45, 2.75) is 13.0 Å². The van der Waals surface area contributed by atoms with Crippen molar-refractivity contribution in [1.82, 2.24) is 0 Å². The predicted molar refractivity (Wildman–Crippen MR) is 69.8 cm³/mol. The zero-order chi connectivity index (χ0) is 11.5. The Bertz CT molecular complexity index is 362. The molecule has 1 fully saturated rings. The van der Waals surface area contributed by atoms with Crippen molar-refractivity contribution in [1.29, 1.82) is 0 Å². The molecular weight excluding hydrogens is 268 g/mol. The molecule has 1 atom stereocenters. The molecule has 1 aromatic rings. The SMILES string of the molecule is C[C@H](N)c1ccc(N2CCOCC2)c(Br)c1. The van der Waals surface area contributed by atoms with Gasteiger partial charge in [-0.3, -0.25) is 0 Å². The quantitative estimate of drug-likeness (QED) is 0.906. The minimum Gasteiger partial charge on any atom is -0.378 e. The van der Waals surface area contributed by atoms with Crippen LogP contribution < -0.4 is 10.6 Å². The summed E-state index contributed by atoms with van der Waals surface area (Å²) in [6.07, 6.45) is 0. The molecule has 0 saturated carbocycles. The highest BCUT2D eigenvalue weighted by molar-refractivity contribution is 9.10. The van der Waals surface area contributed by atoms with Gasteiger partial charge in [-0.25, -0.2) is 0 Å². The molecule has 4 heteroatoms. The van der Waals surface area contributed by atoms with Gasteiger partial charge in [-0.05, 0) is 40.5 Å². The lowest BCUT2D eigenvalue weighted by Crippen LogP contribution is -2.36. The summed E-state index contributed by atoms with van der Waals surface area (Å²) in [6.45, 7) is 5.52. The zero-order valence-electron chi connectivity index (χ0n) is 9.45. The number of nitrogens with two attached hydrogens (primary N) is 1. The zero-order valence-corrected chi connectivity index (χ0v) is 11.0. The van der Waals surface area contributed by atoms with Crippen LogP contribution in [0.4, 0.5) is 5.69 Å². The van der Waals surface area contributed by atoms with E-state index in [-0.39, 0.29) is 6.04 Å². The second kappa shape index (κ2) is 5.17. The average Bonchev–Trinajstić information content (AvgIpc) is 2.30. The van der Waals surface area contributed by atoms with Crippen LogP contribution in [0.15, 0.2) is 22.7 Å². The maximum Gasteiger partial charge on any atom is 0.0642 e. The fraction of sp³-hybridized carbons (Fsp3) is 0.500. The molecule has 2 rings (SSSR count). The van der Waals surface area contributed by atoms with Gasteiger partial charge in [-0.15, -0.1) is 0 Å². The highest BCUT2D eigenvalue weighted by Crippen LogP contribution is 2.29. The van der Waals surface area contributed by atoms with Crippen LogP contribution in [0.1, 0.15) is 18.5 Å². The molecule has 0 amide bonds. The molecule has 1 heterocycles. The van der Waals surface area contributed by atoms with Gasteiger partial charge in [0.15, 0.2) is 0 Å². The number of halogens is 1. The highest BCUT2D eigenvalue weighted by atomic mass is 79.9. The van der Waals surface area contributed by atoms with Crippen LogP contribution in [0.5, 0.6) is 0 Å². The Kier molecular flexibility index (Phi) is 3.84. The van der Waals surface area contributed by atoms with E-state index in [0.717, 1.165) is 36.3 Å². The van der Waals surface area contributed by atoms with E-state index in [2.05, 4.69) is 39.0 Å². The van der Waals surface area contributed by atoms with Gasteiger partial charge in [0.1, 0.15) is 0 Å². The van der Waals surface area contributed by atoms with Crippen LogP contribution in [0.2, 0.25) is 0 Å². The van der Waals surface area contributed by atoms with Crippen LogP contribution in [0.25, 0.3) is 0 Å². The first kappa shape index (κ1) is 11.9. The lowest BCUT2D eigenvalue weighted by molar-refractivity contribution is 0.122. The Labute approximate surface area is 105 Å². The maximum absolute atomic E-state index is 5.86. The Hall–Kier alpha value is -0.580. The normalized spacial score (nSPS) is 18.6. The molecule has 1 saturated heterocycles. The topological polar surface area (TPSA) is 38.5 Å². The van der Waals surface area contributed by atoms with Gasteiger partial charge >= 0.3 is 0 Å². The summed E-state index contributed by atoms with van der Waals surface area (Å²) >= 11 is 3.61. The van der Waals surface area contributed by atoms with Crippen LogP contribution in [0.3, 0.4) is 0 Å². The predicted octanol–water partition coefficient (Wildman–Crippen LogP) is 2.31. The van der Waals surface area contributed by atoms with Crippen molar-refractivity contribution < 1.29 is 4.74 Å². The van der Waals surface area contributed by atoms with Crippen molar-refractivity contribution in [2.24, 2.45) is 5.73 Å². The summed E-state index contributed by atoms with van der Waals surface area (Å²) in [5.41, 5.74) is 8.24. The fourth-order valence-corrected chi connectivity index (χ4v) is 2.51. The molecule has 2 N–H and O–H groups in total. The molecule has 88 valence electrons. The number of ether oxygens (including phenoxy) is 1. The Morgan fingerprint density at radius 3 is 2.62 bits per heavy atom. The molecule has 0 aliphatic carbocycles. The lowest BCUT2D eigenvalue weighted by Gasteiger charge is -2.30. The van der Waals surface area contributed by atoms with Gasteiger partial charge in [0.25, 0.3) is 0 Å². The highest BCUT2D eigenvalue weighted by Gasteiger charge is 2.14. The minimum absolute atomic E-state index is 0.0787. The third kappa shape index (κ3) is 2.56. The van der Waals surface area contributed by atoms with E-state index < -0.39 is 0 Å². The Morgan fingerprint density at radius 1 is 1.38 bits per heavy atom. The van der Waals surface area contributed by atoms with E-state index in [4.69, 9.17) is 10.5 Å². The van der Waals surface area contributed by atoms with E-state index >= 15 is 0 Å². The third-order valence-electron chi connectivity index (χ3n) is 2.85. The molecule has 1 aromatic carbocycles. The average molecular weight is 285 g/mol. The first-order valence-corrected chi connectivity index (χ1v) is 6.35. The number of nitrogens with zero attached hydrogens (tertiary/aromatic N) is 1. The Morgan fingerprint density at radius 2 is 2.06 bits per heavy atom. The molecule has 0 bridgehead atoms. The number of hydrogen-bond donors (Lipinski definition) is 1. The number of benzene rings is 1. The van der Waals surface area contributed by atoms with Gasteiger partial charge in [0.2, 0.25) is 0 Å². The molecule has 0 radical (unpaired) electrons.